The van der Waals surface area contributed by atoms with Gasteiger partial charge in [-0.3, -0.25) is 20.2 Å². The largest absolute Gasteiger partial charge is 0.354 e. The number of nitro benzene ring substituents is 2. The van der Waals surface area contributed by atoms with E-state index >= 15 is 0 Å². The molecule has 1 N–H and O–H groups in total. The first-order valence-electron chi connectivity index (χ1n) is 21.0. The number of hydrogen-bond donors (Lipinski definition) is 1. The number of nitrogens with one attached hydrogen (secondary N) is 1. The number of nitrogens with zero attached hydrogens (tertiary/aromatic N) is 3. The number of rotatable bonds is 5. The molecule has 0 fully saturated rings. The summed E-state index contributed by atoms with van der Waals surface area (Å²) in [7, 11) is 0. The van der Waals surface area contributed by atoms with Crippen LogP contribution in [0, 0.1) is 20.2 Å². The molecule has 12 aromatic rings. The summed E-state index contributed by atoms with van der Waals surface area (Å²) in [6.07, 6.45) is 0. The number of halogens is 1. The number of nitro groups is 2. The SMILES string of the molecule is Brc1ccc2ccccc2c1.O=[N+]([O-])c1ccccc1-c1cccc2c1[nH]c1ccccc12.O=[N+]([O-])c1ccccc1-c1cccc2c3ccccc3n(-c3ccc4ccccc4c3)c12. The van der Waals surface area contributed by atoms with Crippen molar-refractivity contribution in [1.82, 2.24) is 9.55 Å². The van der Waals surface area contributed by atoms with Crippen LogP contribution in [0.1, 0.15) is 0 Å². The highest BCUT2D eigenvalue weighted by Crippen LogP contribution is 2.41. The molecule has 2 aromatic heterocycles. The van der Waals surface area contributed by atoms with Gasteiger partial charge in [-0.15, -0.1) is 0 Å². The van der Waals surface area contributed by atoms with Crippen molar-refractivity contribution >= 4 is 92.5 Å². The lowest BCUT2D eigenvalue weighted by atomic mass is 10.0. The zero-order valence-electron chi connectivity index (χ0n) is 34.6. The second kappa shape index (κ2) is 17.4. The zero-order chi connectivity index (χ0) is 44.4. The monoisotopic (exact) mass is 908 g/mol. The summed E-state index contributed by atoms with van der Waals surface area (Å²) in [6, 6.07) is 71.4. The number of aromatic amines is 1. The summed E-state index contributed by atoms with van der Waals surface area (Å²) >= 11 is 3.43. The second-order valence-corrected chi connectivity index (χ2v) is 16.4. The van der Waals surface area contributed by atoms with Crippen LogP contribution in [0.25, 0.3) is 93.1 Å². The Bertz CT molecular complexity index is 3780. The van der Waals surface area contributed by atoms with Crippen molar-refractivity contribution in [3.63, 3.8) is 0 Å². The minimum Gasteiger partial charge on any atom is -0.354 e. The molecule has 0 saturated heterocycles. The van der Waals surface area contributed by atoms with Gasteiger partial charge in [0.25, 0.3) is 11.4 Å². The molecule has 2 heterocycles. The minimum atomic E-state index is -0.336. The van der Waals surface area contributed by atoms with E-state index in [9.17, 15) is 20.2 Å². The first kappa shape index (κ1) is 40.7. The molecular weight excluding hydrogens is 873 g/mol. The van der Waals surface area contributed by atoms with E-state index in [0.29, 0.717) is 11.1 Å². The molecule has 10 aromatic carbocycles. The molecule has 0 aliphatic rings. The zero-order valence-corrected chi connectivity index (χ0v) is 36.2. The highest BCUT2D eigenvalue weighted by molar-refractivity contribution is 9.10. The van der Waals surface area contributed by atoms with Gasteiger partial charge in [0.15, 0.2) is 0 Å². The number of para-hydroxylation sites is 6. The molecule has 0 bridgehead atoms. The normalized spacial score (nSPS) is 11.1. The van der Waals surface area contributed by atoms with E-state index in [-0.39, 0.29) is 21.2 Å². The highest BCUT2D eigenvalue weighted by Gasteiger charge is 2.22. The highest BCUT2D eigenvalue weighted by atomic mass is 79.9. The van der Waals surface area contributed by atoms with E-state index in [1.807, 2.05) is 91.0 Å². The lowest BCUT2D eigenvalue weighted by Gasteiger charge is -2.13. The Balaban J connectivity index is 0.000000129. The fourth-order valence-electron chi connectivity index (χ4n) is 8.80. The number of fused-ring (bicyclic) bond motifs is 8. The summed E-state index contributed by atoms with van der Waals surface area (Å²) < 4.78 is 3.36. The topological polar surface area (TPSA) is 107 Å². The molecule has 8 nitrogen and oxygen atoms in total. The molecule has 9 heteroatoms. The van der Waals surface area contributed by atoms with Crippen LogP contribution < -0.4 is 0 Å². The maximum atomic E-state index is 11.8. The van der Waals surface area contributed by atoms with Crippen molar-refractivity contribution in [1.29, 1.82) is 0 Å². The molecule has 65 heavy (non-hydrogen) atoms. The molecule has 0 saturated carbocycles. The Hall–Kier alpha value is -8.40. The number of hydrogen-bond acceptors (Lipinski definition) is 4. The average Bonchev–Trinajstić information content (AvgIpc) is 3.90. The molecule has 312 valence electrons. The number of aromatic nitrogens is 2. The van der Waals surface area contributed by atoms with Crippen LogP contribution in [-0.4, -0.2) is 19.4 Å². The van der Waals surface area contributed by atoms with E-state index < -0.39 is 0 Å². The average molecular weight is 910 g/mol. The smallest absolute Gasteiger partial charge is 0.277 e. The Morgan fingerprint density at radius 3 is 1.60 bits per heavy atom. The van der Waals surface area contributed by atoms with Crippen LogP contribution >= 0.6 is 15.9 Å². The van der Waals surface area contributed by atoms with E-state index in [2.05, 4.69) is 123 Å². The van der Waals surface area contributed by atoms with E-state index in [1.54, 1.807) is 24.3 Å². The van der Waals surface area contributed by atoms with Crippen molar-refractivity contribution in [2.75, 3.05) is 0 Å². The van der Waals surface area contributed by atoms with Gasteiger partial charge < -0.3 is 9.55 Å². The summed E-state index contributed by atoms with van der Waals surface area (Å²) in [5.41, 5.74) is 8.20. The van der Waals surface area contributed by atoms with E-state index in [1.165, 1.54) is 22.2 Å². The van der Waals surface area contributed by atoms with Crippen LogP contribution in [0.3, 0.4) is 0 Å². The minimum absolute atomic E-state index is 0.107. The van der Waals surface area contributed by atoms with Gasteiger partial charge in [-0.05, 0) is 70.1 Å². The van der Waals surface area contributed by atoms with Crippen LogP contribution in [0.15, 0.2) is 223 Å². The molecule has 12 rings (SSSR count). The van der Waals surface area contributed by atoms with Crippen molar-refractivity contribution in [2.24, 2.45) is 0 Å². The first-order valence-corrected chi connectivity index (χ1v) is 21.8. The van der Waals surface area contributed by atoms with Crippen molar-refractivity contribution in [3.05, 3.63) is 243 Å². The van der Waals surface area contributed by atoms with Gasteiger partial charge in [-0.2, -0.15) is 0 Å². The maximum Gasteiger partial charge on any atom is 0.277 e. The Labute approximate surface area is 381 Å². The van der Waals surface area contributed by atoms with Crippen LogP contribution in [0.5, 0.6) is 0 Å². The van der Waals surface area contributed by atoms with Crippen LogP contribution in [-0.2, 0) is 0 Å². The Morgan fingerprint density at radius 1 is 0.415 bits per heavy atom. The predicted octanol–water partition coefficient (Wildman–Crippen LogP) is 16.0. The number of benzene rings is 10. The van der Waals surface area contributed by atoms with Gasteiger partial charge in [-0.1, -0.05) is 174 Å². The van der Waals surface area contributed by atoms with Gasteiger partial charge in [0, 0.05) is 60.5 Å². The van der Waals surface area contributed by atoms with Crippen molar-refractivity contribution in [2.45, 2.75) is 0 Å². The van der Waals surface area contributed by atoms with Gasteiger partial charge in [-0.25, -0.2) is 0 Å². The van der Waals surface area contributed by atoms with E-state index in [4.69, 9.17) is 0 Å². The lowest BCUT2D eigenvalue weighted by molar-refractivity contribution is -0.384. The molecule has 0 spiro atoms. The Kier molecular flexibility index (Phi) is 10.9. The lowest BCUT2D eigenvalue weighted by Crippen LogP contribution is -1.97. The third kappa shape index (κ3) is 7.75. The predicted molar refractivity (Wildman–Crippen MR) is 270 cm³/mol. The molecule has 0 aliphatic carbocycles. The first-order chi connectivity index (χ1) is 31.8. The van der Waals surface area contributed by atoms with Crippen LogP contribution in [0.4, 0.5) is 11.4 Å². The quantitative estimate of drug-likeness (QED) is 0.137. The van der Waals surface area contributed by atoms with Gasteiger partial charge in [0.05, 0.1) is 37.5 Å². The standard InChI is InChI=1S/C28H18N2O2.C18H12N2O2.C10H7Br/c31-30(32)27-15-6-4-11-23(27)25-13-7-12-24-22-10-3-5-14-26(22)29(28(24)25)21-17-16-19-8-1-2-9-20(19)18-21;21-20(22)17-11-4-2-7-13(17)15-9-5-8-14-12-6-1-3-10-16(12)19-18(14)15;11-10-6-5-8-3-1-2-4-9(8)7-10/h1-18H;1-11,19H;1-7H. The van der Waals surface area contributed by atoms with Crippen molar-refractivity contribution < 1.29 is 9.85 Å². The maximum absolute atomic E-state index is 11.8. The van der Waals surface area contributed by atoms with Gasteiger partial charge >= 0.3 is 0 Å². The molecule has 0 atom stereocenters. The molecular formula is C56H37BrN4O4. The van der Waals surface area contributed by atoms with Crippen molar-refractivity contribution in [3.8, 4) is 27.9 Å². The summed E-state index contributed by atoms with van der Waals surface area (Å²) in [6.45, 7) is 0. The molecule has 0 radical (unpaired) electrons. The molecule has 0 aliphatic heterocycles. The molecule has 0 unspecified atom stereocenters. The Morgan fingerprint density at radius 2 is 0.908 bits per heavy atom. The fourth-order valence-corrected chi connectivity index (χ4v) is 9.18. The van der Waals surface area contributed by atoms with Gasteiger partial charge in [0.2, 0.25) is 0 Å². The molecule has 0 amide bonds. The fraction of sp³-hybridized carbons (Fsp3) is 0. The third-order valence-corrected chi connectivity index (χ3v) is 12.2. The summed E-state index contributed by atoms with van der Waals surface area (Å²) in [4.78, 5) is 25.8. The van der Waals surface area contributed by atoms with Crippen LogP contribution in [0.2, 0.25) is 0 Å². The number of H-pyrrole nitrogens is 1. The summed E-state index contributed by atoms with van der Waals surface area (Å²) in [5, 5.41) is 32.4. The van der Waals surface area contributed by atoms with Gasteiger partial charge in [0.1, 0.15) is 0 Å². The summed E-state index contributed by atoms with van der Waals surface area (Å²) in [5.74, 6) is 0. The van der Waals surface area contributed by atoms with E-state index in [0.717, 1.165) is 70.3 Å². The third-order valence-electron chi connectivity index (χ3n) is 11.7. The second-order valence-electron chi connectivity index (χ2n) is 15.5.